The summed E-state index contributed by atoms with van der Waals surface area (Å²) in [6, 6.07) is 14.6. The van der Waals surface area contributed by atoms with E-state index in [1.807, 2.05) is 0 Å². The summed E-state index contributed by atoms with van der Waals surface area (Å²) >= 11 is 6.41. The lowest BCUT2D eigenvalue weighted by atomic mass is 9.85. The van der Waals surface area contributed by atoms with E-state index in [4.69, 9.17) is 16.3 Å². The highest BCUT2D eigenvalue weighted by Crippen LogP contribution is 2.41. The van der Waals surface area contributed by atoms with Crippen molar-refractivity contribution in [3.05, 3.63) is 126 Å². The molecule has 0 spiro atoms. The second-order valence-electron chi connectivity index (χ2n) is 10.0. The van der Waals surface area contributed by atoms with E-state index in [1.54, 1.807) is 32.9 Å². The zero-order valence-electron chi connectivity index (χ0n) is 23.7. The monoisotopic (exact) mass is 618 g/mol. The number of nitrogens with one attached hydrogen (secondary N) is 2. The number of aromatic nitrogens is 4. The zero-order valence-corrected chi connectivity index (χ0v) is 24.5. The highest BCUT2D eigenvalue weighted by atomic mass is 35.5. The number of phenols is 1. The molecule has 0 saturated heterocycles. The average Bonchev–Trinajstić information content (AvgIpc) is 3.46. The van der Waals surface area contributed by atoms with Gasteiger partial charge in [-0.15, -0.1) is 0 Å². The van der Waals surface area contributed by atoms with Crippen molar-refractivity contribution in [1.82, 2.24) is 19.6 Å². The molecular weight excluding hydrogens is 592 g/mol. The number of aromatic amines is 2. The fourth-order valence-corrected chi connectivity index (χ4v) is 5.44. The summed E-state index contributed by atoms with van der Waals surface area (Å²) in [7, 11) is 0. The molecule has 5 N–H and O–H groups in total. The highest BCUT2D eigenvalue weighted by Gasteiger charge is 2.32. The third-order valence-corrected chi connectivity index (χ3v) is 7.49. The Kier molecular flexibility index (Phi) is 7.94. The number of carboxylic acids is 2. The molecule has 13 heteroatoms. The summed E-state index contributed by atoms with van der Waals surface area (Å²) in [6.45, 7) is 5.20. The van der Waals surface area contributed by atoms with Crippen molar-refractivity contribution in [2.24, 2.45) is 0 Å². The molecule has 0 atom stereocenters. The van der Waals surface area contributed by atoms with Crippen LogP contribution in [0.3, 0.4) is 0 Å². The third-order valence-electron chi connectivity index (χ3n) is 7.20. The van der Waals surface area contributed by atoms with Gasteiger partial charge in [0.2, 0.25) is 0 Å². The Hall–Kier alpha value is -5.49. The molecule has 0 aliphatic rings. The number of carboxylic acid groups (broad SMARTS) is 2. The minimum absolute atomic E-state index is 0.0283. The Balaban J connectivity index is 1.80. The van der Waals surface area contributed by atoms with Gasteiger partial charge in [-0.2, -0.15) is 0 Å². The highest BCUT2D eigenvalue weighted by molar-refractivity contribution is 6.32. The number of benzene rings is 3. The van der Waals surface area contributed by atoms with Crippen LogP contribution in [0.4, 0.5) is 0 Å². The number of hydrogen-bond acceptors (Lipinski definition) is 6. The number of carbonyl (C=O) groups is 2. The van der Waals surface area contributed by atoms with Gasteiger partial charge in [-0.25, -0.2) is 19.0 Å². The van der Waals surface area contributed by atoms with Crippen LogP contribution in [0.5, 0.6) is 11.5 Å². The van der Waals surface area contributed by atoms with Gasteiger partial charge in [0, 0.05) is 17.3 Å². The first-order valence-electron chi connectivity index (χ1n) is 13.4. The van der Waals surface area contributed by atoms with Crippen LogP contribution in [0.15, 0.2) is 70.3 Å². The van der Waals surface area contributed by atoms with Crippen molar-refractivity contribution < 1.29 is 29.6 Å². The fraction of sp³-hybridized carbons (Fsp3) is 0.161. The molecule has 0 radical (unpaired) electrons. The summed E-state index contributed by atoms with van der Waals surface area (Å²) in [4.78, 5) is 51.5. The first kappa shape index (κ1) is 30.0. The molecule has 0 unspecified atom stereocenters. The number of hydrogen-bond donors (Lipinski definition) is 5. The SMILES string of the molecule is CCOc1cc(C(c2c(C)[nH]n(-c3cccc(C(=O)O)c3)c2=O)c2c(C)[nH]n(-c3cccc(C(=O)O)c3)c2=O)cc(Cl)c1O. The van der Waals surface area contributed by atoms with Crippen LogP contribution in [0, 0.1) is 13.8 Å². The second kappa shape index (κ2) is 11.7. The lowest BCUT2D eigenvalue weighted by molar-refractivity contribution is 0.0686. The normalized spacial score (nSPS) is 11.2. The van der Waals surface area contributed by atoms with Gasteiger partial charge >= 0.3 is 11.9 Å². The first-order chi connectivity index (χ1) is 20.9. The van der Waals surface area contributed by atoms with Crippen LogP contribution < -0.4 is 15.9 Å². The number of H-pyrrole nitrogens is 2. The van der Waals surface area contributed by atoms with E-state index in [2.05, 4.69) is 10.2 Å². The summed E-state index contributed by atoms with van der Waals surface area (Å²) in [5.41, 5.74) is 0.760. The van der Waals surface area contributed by atoms with Gasteiger partial charge in [-0.3, -0.25) is 19.8 Å². The molecular formula is C31H27ClN4O8. The Morgan fingerprint density at radius 1 is 0.841 bits per heavy atom. The van der Waals surface area contributed by atoms with E-state index in [-0.39, 0.29) is 56.8 Å². The number of aromatic hydroxyl groups is 1. The number of nitrogens with zero attached hydrogens (tertiary/aromatic N) is 2. The zero-order chi connectivity index (χ0) is 31.9. The topological polar surface area (TPSA) is 180 Å². The quantitative estimate of drug-likeness (QED) is 0.159. The van der Waals surface area contributed by atoms with Gasteiger partial charge in [0.25, 0.3) is 11.1 Å². The molecule has 12 nitrogen and oxygen atoms in total. The van der Waals surface area contributed by atoms with Gasteiger partial charge in [0.15, 0.2) is 11.5 Å². The summed E-state index contributed by atoms with van der Waals surface area (Å²) in [6.07, 6.45) is 0. The van der Waals surface area contributed by atoms with Crippen LogP contribution in [-0.4, -0.2) is 53.4 Å². The van der Waals surface area contributed by atoms with Crippen LogP contribution in [0.2, 0.25) is 5.02 Å². The molecule has 5 rings (SSSR count). The number of halogens is 1. The van der Waals surface area contributed by atoms with E-state index in [0.717, 1.165) is 0 Å². The molecule has 0 amide bonds. The molecule has 0 aliphatic heterocycles. The van der Waals surface area contributed by atoms with Crippen LogP contribution >= 0.6 is 11.6 Å². The number of aryl methyl sites for hydroxylation is 2. The minimum Gasteiger partial charge on any atom is -0.503 e. The van der Waals surface area contributed by atoms with E-state index < -0.39 is 29.0 Å². The van der Waals surface area contributed by atoms with Crippen molar-refractivity contribution >= 4 is 23.5 Å². The second-order valence-corrected chi connectivity index (χ2v) is 10.4. The van der Waals surface area contributed by atoms with Gasteiger partial charge in [-0.05, 0) is 74.9 Å². The number of rotatable bonds is 9. The Morgan fingerprint density at radius 2 is 1.32 bits per heavy atom. The standard InChI is InChI=1S/C31H27ClN4O8/c1-4-44-23-14-19(13-22(32)27(23)37)26(24-15(2)33-35(28(24)38)20-9-5-7-17(11-20)30(40)41)25-16(3)34-36(29(25)39)21-10-6-8-18(12-21)31(42)43/h5-14,26,33-34,37H,4H2,1-3H3,(H,40,41)(H,42,43). The molecule has 0 fully saturated rings. The molecule has 5 aromatic rings. The van der Waals surface area contributed by atoms with E-state index >= 15 is 0 Å². The third kappa shape index (κ3) is 5.26. The van der Waals surface area contributed by atoms with Crippen molar-refractivity contribution in [3.63, 3.8) is 0 Å². The largest absolute Gasteiger partial charge is 0.503 e. The predicted octanol–water partition coefficient (Wildman–Crippen LogP) is 4.60. The molecule has 0 saturated carbocycles. The summed E-state index contributed by atoms with van der Waals surface area (Å²) < 4.78 is 7.97. The van der Waals surface area contributed by atoms with Crippen LogP contribution in [0.1, 0.15) is 61.6 Å². The lowest BCUT2D eigenvalue weighted by Crippen LogP contribution is -2.25. The molecule has 0 bridgehead atoms. The number of aromatic carboxylic acids is 2. The Bertz CT molecular complexity index is 1940. The molecule has 3 aromatic carbocycles. The Morgan fingerprint density at radius 3 is 1.75 bits per heavy atom. The maximum absolute atomic E-state index is 14.1. The molecule has 44 heavy (non-hydrogen) atoms. The van der Waals surface area contributed by atoms with Crippen molar-refractivity contribution in [2.75, 3.05) is 6.61 Å². The molecule has 2 heterocycles. The summed E-state index contributed by atoms with van der Waals surface area (Å²) in [5, 5.41) is 35.4. The maximum Gasteiger partial charge on any atom is 0.335 e. The molecule has 226 valence electrons. The molecule has 2 aromatic heterocycles. The smallest absolute Gasteiger partial charge is 0.335 e. The summed E-state index contributed by atoms with van der Waals surface area (Å²) in [5.74, 6) is -3.66. The first-order valence-corrected chi connectivity index (χ1v) is 13.8. The van der Waals surface area contributed by atoms with Gasteiger partial charge < -0.3 is 20.1 Å². The van der Waals surface area contributed by atoms with E-state index in [1.165, 1.54) is 57.9 Å². The minimum atomic E-state index is -1.17. The Labute approximate surface area is 254 Å². The number of ether oxygens (including phenoxy) is 1. The van der Waals surface area contributed by atoms with Crippen LogP contribution in [0.25, 0.3) is 11.4 Å². The average molecular weight is 619 g/mol. The van der Waals surface area contributed by atoms with Gasteiger partial charge in [0.1, 0.15) is 0 Å². The van der Waals surface area contributed by atoms with Crippen molar-refractivity contribution in [1.29, 1.82) is 0 Å². The van der Waals surface area contributed by atoms with Crippen LogP contribution in [-0.2, 0) is 0 Å². The van der Waals surface area contributed by atoms with E-state index in [9.17, 15) is 34.5 Å². The maximum atomic E-state index is 14.1. The van der Waals surface area contributed by atoms with Crippen molar-refractivity contribution in [2.45, 2.75) is 26.7 Å². The number of phenolic OH excluding ortho intramolecular Hbond substituents is 1. The van der Waals surface area contributed by atoms with Gasteiger partial charge in [-0.1, -0.05) is 23.7 Å². The van der Waals surface area contributed by atoms with Gasteiger partial charge in [0.05, 0.1) is 45.3 Å². The lowest BCUT2D eigenvalue weighted by Gasteiger charge is -2.18. The fourth-order valence-electron chi connectivity index (χ4n) is 5.22. The molecule has 0 aliphatic carbocycles. The van der Waals surface area contributed by atoms with E-state index in [0.29, 0.717) is 17.0 Å². The van der Waals surface area contributed by atoms with Crippen molar-refractivity contribution in [3.8, 4) is 22.9 Å². The predicted molar refractivity (Wildman–Crippen MR) is 161 cm³/mol.